The molecule has 0 N–H and O–H groups in total. The first kappa shape index (κ1) is 20.4. The third-order valence-corrected chi connectivity index (χ3v) is 5.89. The smallest absolute Gasteiger partial charge is 0.338 e. The van der Waals surface area contributed by atoms with Gasteiger partial charge in [-0.1, -0.05) is 23.7 Å². The van der Waals surface area contributed by atoms with Crippen molar-refractivity contribution in [3.63, 3.8) is 0 Å². The summed E-state index contributed by atoms with van der Waals surface area (Å²) in [4.78, 5) is 30.1. The number of hydrogen-bond acceptors (Lipinski definition) is 5. The Balaban J connectivity index is 1.60. The van der Waals surface area contributed by atoms with Gasteiger partial charge in [-0.3, -0.25) is 4.79 Å². The minimum absolute atomic E-state index is 0.211. The normalized spacial score (nSPS) is 13.3. The van der Waals surface area contributed by atoms with Crippen molar-refractivity contribution in [2.45, 2.75) is 25.7 Å². The molecule has 1 aliphatic carbocycles. The highest BCUT2D eigenvalue weighted by atomic mass is 35.5. The van der Waals surface area contributed by atoms with E-state index >= 15 is 0 Å². The van der Waals surface area contributed by atoms with Crippen LogP contribution in [0.2, 0.25) is 5.02 Å². The number of ether oxygens (including phenoxy) is 1. The summed E-state index contributed by atoms with van der Waals surface area (Å²) in [6.45, 7) is 2.07. The largest absolute Gasteiger partial charge is 0.462 e. The molecule has 0 unspecified atom stereocenters. The van der Waals surface area contributed by atoms with Crippen LogP contribution in [-0.4, -0.2) is 33.1 Å². The topological polar surface area (TPSA) is 74.1 Å². The summed E-state index contributed by atoms with van der Waals surface area (Å²) in [5.74, 6) is -0.225. The highest BCUT2D eigenvalue weighted by Gasteiger charge is 2.31. The molecule has 5 rings (SSSR count). The van der Waals surface area contributed by atoms with Gasteiger partial charge in [0.15, 0.2) is 5.65 Å². The number of ketones is 1. The summed E-state index contributed by atoms with van der Waals surface area (Å²) in [5.41, 5.74) is 3.48. The fourth-order valence-corrected chi connectivity index (χ4v) is 4.15. The molecule has 2 heterocycles. The SMILES string of the molecule is CCOC(=O)c1ccc(-n2nc(C(=O)c3c(Cl)cccc3C3CC3)c3cccnc32)cc1. The molecular weight excluding hydrogens is 426 g/mol. The van der Waals surface area contributed by atoms with E-state index < -0.39 is 0 Å². The van der Waals surface area contributed by atoms with Crippen LogP contribution in [0.25, 0.3) is 16.7 Å². The predicted octanol–water partition coefficient (Wildman–Crippen LogP) is 5.36. The zero-order chi connectivity index (χ0) is 22.2. The average Bonchev–Trinajstić information content (AvgIpc) is 3.59. The number of rotatable bonds is 6. The number of carbonyl (C=O) groups is 2. The fourth-order valence-electron chi connectivity index (χ4n) is 3.89. The molecule has 0 radical (unpaired) electrons. The molecule has 160 valence electrons. The van der Waals surface area contributed by atoms with Crippen molar-refractivity contribution in [2.24, 2.45) is 0 Å². The molecule has 0 bridgehead atoms. The average molecular weight is 446 g/mol. The number of esters is 1. The Morgan fingerprint density at radius 2 is 1.88 bits per heavy atom. The molecule has 0 saturated heterocycles. The van der Waals surface area contributed by atoms with E-state index in [9.17, 15) is 9.59 Å². The van der Waals surface area contributed by atoms with E-state index in [1.165, 1.54) is 0 Å². The second-order valence-corrected chi connectivity index (χ2v) is 8.12. The number of hydrogen-bond donors (Lipinski definition) is 0. The molecule has 6 nitrogen and oxygen atoms in total. The van der Waals surface area contributed by atoms with E-state index in [0.717, 1.165) is 18.4 Å². The van der Waals surface area contributed by atoms with Crippen LogP contribution >= 0.6 is 11.6 Å². The molecular formula is C25H20ClN3O3. The van der Waals surface area contributed by atoms with E-state index in [4.69, 9.17) is 16.3 Å². The third kappa shape index (κ3) is 3.56. The molecule has 2 aromatic heterocycles. The number of fused-ring (bicyclic) bond motifs is 1. The van der Waals surface area contributed by atoms with Gasteiger partial charge in [-0.15, -0.1) is 0 Å². The van der Waals surface area contributed by atoms with Gasteiger partial charge < -0.3 is 4.74 Å². The molecule has 7 heteroatoms. The van der Waals surface area contributed by atoms with Crippen molar-refractivity contribution in [3.05, 3.63) is 88.2 Å². The van der Waals surface area contributed by atoms with Crippen LogP contribution in [-0.2, 0) is 4.74 Å². The standard InChI is InChI=1S/C25H20ClN3O3/c1-2-32-25(31)16-10-12-17(13-11-16)29-24-19(6-4-14-27-24)22(28-29)23(30)21-18(15-8-9-15)5-3-7-20(21)26/h3-7,10-15H,2,8-9H2,1H3. The van der Waals surface area contributed by atoms with Gasteiger partial charge in [0.05, 0.1) is 28.3 Å². The van der Waals surface area contributed by atoms with Crippen LogP contribution in [0, 0.1) is 0 Å². The maximum absolute atomic E-state index is 13.6. The second-order valence-electron chi connectivity index (χ2n) is 7.71. The Hall–Kier alpha value is -3.51. The minimum atomic E-state index is -0.385. The number of benzene rings is 2. The van der Waals surface area contributed by atoms with Gasteiger partial charge in [-0.2, -0.15) is 5.10 Å². The highest BCUT2D eigenvalue weighted by Crippen LogP contribution is 2.43. The van der Waals surface area contributed by atoms with Crippen molar-refractivity contribution < 1.29 is 14.3 Å². The Kier molecular flexibility index (Phi) is 5.23. The van der Waals surface area contributed by atoms with Gasteiger partial charge in [-0.05, 0) is 73.7 Å². The molecule has 1 fully saturated rings. The molecule has 0 atom stereocenters. The van der Waals surface area contributed by atoms with Crippen molar-refractivity contribution in [1.29, 1.82) is 0 Å². The Bertz CT molecular complexity index is 1340. The third-order valence-electron chi connectivity index (χ3n) is 5.57. The van der Waals surface area contributed by atoms with Crippen molar-refractivity contribution in [1.82, 2.24) is 14.8 Å². The van der Waals surface area contributed by atoms with Crippen LogP contribution < -0.4 is 0 Å². The van der Waals surface area contributed by atoms with E-state index in [-0.39, 0.29) is 11.8 Å². The first-order valence-corrected chi connectivity index (χ1v) is 10.9. The molecule has 1 saturated carbocycles. The zero-order valence-corrected chi connectivity index (χ0v) is 18.2. The molecule has 0 spiro atoms. The lowest BCUT2D eigenvalue weighted by atomic mass is 9.97. The first-order chi connectivity index (χ1) is 15.6. The van der Waals surface area contributed by atoms with E-state index in [0.29, 0.717) is 51.1 Å². The molecule has 0 amide bonds. The molecule has 1 aliphatic rings. The maximum Gasteiger partial charge on any atom is 0.338 e. The van der Waals surface area contributed by atoms with Gasteiger partial charge in [0.25, 0.3) is 0 Å². The lowest BCUT2D eigenvalue weighted by molar-refractivity contribution is 0.0526. The minimum Gasteiger partial charge on any atom is -0.462 e. The van der Waals surface area contributed by atoms with Crippen molar-refractivity contribution in [2.75, 3.05) is 6.61 Å². The van der Waals surface area contributed by atoms with Crippen LogP contribution in [0.4, 0.5) is 0 Å². The van der Waals surface area contributed by atoms with Crippen LogP contribution in [0.5, 0.6) is 0 Å². The quantitative estimate of drug-likeness (QED) is 0.295. The summed E-state index contributed by atoms with van der Waals surface area (Å²) in [6, 6.07) is 16.1. The summed E-state index contributed by atoms with van der Waals surface area (Å²) in [7, 11) is 0. The van der Waals surface area contributed by atoms with E-state index in [1.807, 2.05) is 18.2 Å². The van der Waals surface area contributed by atoms with E-state index in [1.54, 1.807) is 54.2 Å². The second kappa shape index (κ2) is 8.20. The molecule has 0 aliphatic heterocycles. The highest BCUT2D eigenvalue weighted by molar-refractivity contribution is 6.35. The summed E-state index contributed by atoms with van der Waals surface area (Å²) in [6.07, 6.45) is 3.78. The van der Waals surface area contributed by atoms with Crippen LogP contribution in [0.15, 0.2) is 60.8 Å². The van der Waals surface area contributed by atoms with Gasteiger partial charge >= 0.3 is 5.97 Å². The summed E-state index contributed by atoms with van der Waals surface area (Å²) in [5, 5.41) is 5.72. The number of pyridine rings is 1. The lowest BCUT2D eigenvalue weighted by Crippen LogP contribution is -2.08. The number of nitrogens with zero attached hydrogens (tertiary/aromatic N) is 3. The molecule has 4 aromatic rings. The Morgan fingerprint density at radius 1 is 1.09 bits per heavy atom. The van der Waals surface area contributed by atoms with Crippen molar-refractivity contribution >= 4 is 34.4 Å². The number of carbonyl (C=O) groups excluding carboxylic acids is 2. The van der Waals surface area contributed by atoms with E-state index in [2.05, 4.69) is 10.1 Å². The monoisotopic (exact) mass is 445 g/mol. The summed E-state index contributed by atoms with van der Waals surface area (Å²) < 4.78 is 6.66. The van der Waals surface area contributed by atoms with Gasteiger partial charge in [-0.25, -0.2) is 14.5 Å². The molecule has 2 aromatic carbocycles. The van der Waals surface area contributed by atoms with Crippen LogP contribution in [0.3, 0.4) is 0 Å². The predicted molar refractivity (Wildman–Crippen MR) is 122 cm³/mol. The van der Waals surface area contributed by atoms with Gasteiger partial charge in [0.2, 0.25) is 5.78 Å². The Labute approximate surface area is 189 Å². The van der Waals surface area contributed by atoms with Gasteiger partial charge in [0.1, 0.15) is 5.69 Å². The molecule has 32 heavy (non-hydrogen) atoms. The Morgan fingerprint density at radius 3 is 2.59 bits per heavy atom. The van der Waals surface area contributed by atoms with Crippen LogP contribution in [0.1, 0.15) is 57.7 Å². The summed E-state index contributed by atoms with van der Waals surface area (Å²) >= 11 is 6.48. The number of aromatic nitrogens is 3. The van der Waals surface area contributed by atoms with Gasteiger partial charge in [0, 0.05) is 11.8 Å². The van der Waals surface area contributed by atoms with Crippen molar-refractivity contribution in [3.8, 4) is 5.69 Å². The lowest BCUT2D eigenvalue weighted by Gasteiger charge is -2.09. The maximum atomic E-state index is 13.6. The fraction of sp³-hybridized carbons (Fsp3) is 0.200. The first-order valence-electron chi connectivity index (χ1n) is 10.5. The zero-order valence-electron chi connectivity index (χ0n) is 17.4. The number of halogens is 1.